The zero-order chi connectivity index (χ0) is 22.1. The van der Waals surface area contributed by atoms with Crippen molar-refractivity contribution in [1.29, 1.82) is 0 Å². The van der Waals surface area contributed by atoms with E-state index in [2.05, 4.69) is 0 Å². The zero-order valence-corrected chi connectivity index (χ0v) is 18.8. The number of aryl methyl sites for hydroxylation is 1. The van der Waals surface area contributed by atoms with Crippen LogP contribution in [-0.4, -0.2) is 31.5 Å². The van der Waals surface area contributed by atoms with E-state index in [1.807, 2.05) is 67.6 Å². The fraction of sp³-hybridized carbons (Fsp3) is 0.308. The summed E-state index contributed by atoms with van der Waals surface area (Å²) >= 11 is 0. The Kier molecular flexibility index (Phi) is 5.75. The van der Waals surface area contributed by atoms with Gasteiger partial charge in [0.2, 0.25) is 10.0 Å². The van der Waals surface area contributed by atoms with E-state index in [1.165, 1.54) is 4.31 Å². The predicted molar refractivity (Wildman–Crippen MR) is 122 cm³/mol. The van der Waals surface area contributed by atoms with Gasteiger partial charge in [-0.25, -0.2) is 12.8 Å². The molecule has 1 fully saturated rings. The maximum atomic E-state index is 16.2. The molecule has 3 aromatic carbocycles. The lowest BCUT2D eigenvalue weighted by Gasteiger charge is -2.49. The van der Waals surface area contributed by atoms with Gasteiger partial charge in [0.15, 0.2) is 0 Å². The fourth-order valence-corrected chi connectivity index (χ4v) is 6.23. The molecule has 4 rings (SSSR count). The summed E-state index contributed by atoms with van der Waals surface area (Å²) in [5.74, 6) is 0. The van der Waals surface area contributed by atoms with Gasteiger partial charge < -0.3 is 0 Å². The molecule has 0 N–H and O–H groups in total. The molecule has 1 heterocycles. The highest BCUT2D eigenvalue weighted by atomic mass is 32.2. The maximum absolute atomic E-state index is 16.2. The van der Waals surface area contributed by atoms with E-state index in [0.29, 0.717) is 0 Å². The Morgan fingerprint density at radius 3 is 1.84 bits per heavy atom. The van der Waals surface area contributed by atoms with Gasteiger partial charge in [0.05, 0.1) is 4.90 Å². The molecule has 31 heavy (non-hydrogen) atoms. The van der Waals surface area contributed by atoms with Crippen molar-refractivity contribution < 1.29 is 12.8 Å². The fourth-order valence-electron chi connectivity index (χ4n) is 4.66. The standard InChI is InChI=1S/C26H28FNO2S/c1-3-25(27)18-26(22-10-6-4-7-11-22,23-12-8-5-9-13-23)20-28(19-25)31(29,30)24-16-14-21(2)15-17-24/h4-17H,3,18-20H2,1-2H3. The van der Waals surface area contributed by atoms with Gasteiger partial charge in [-0.3, -0.25) is 0 Å². The van der Waals surface area contributed by atoms with Crippen molar-refractivity contribution in [2.75, 3.05) is 13.1 Å². The molecule has 1 unspecified atom stereocenters. The Hall–Kier alpha value is -2.50. The van der Waals surface area contributed by atoms with Crippen molar-refractivity contribution in [3.8, 4) is 0 Å². The molecule has 0 saturated carbocycles. The second-order valence-electron chi connectivity index (χ2n) is 8.58. The Morgan fingerprint density at radius 2 is 1.35 bits per heavy atom. The molecule has 0 radical (unpaired) electrons. The molecule has 5 heteroatoms. The smallest absolute Gasteiger partial charge is 0.242 e. The first-order valence-electron chi connectivity index (χ1n) is 10.7. The van der Waals surface area contributed by atoms with Gasteiger partial charge in [-0.05, 0) is 43.0 Å². The minimum Gasteiger partial charge on any atom is -0.242 e. The van der Waals surface area contributed by atoms with Gasteiger partial charge >= 0.3 is 0 Å². The highest BCUT2D eigenvalue weighted by molar-refractivity contribution is 7.89. The van der Waals surface area contributed by atoms with Crippen LogP contribution in [-0.2, 0) is 15.4 Å². The SMILES string of the molecule is CCC1(F)CN(S(=O)(=O)c2ccc(C)cc2)CC(c2ccccc2)(c2ccccc2)C1. The molecule has 0 aromatic heterocycles. The number of rotatable bonds is 5. The number of halogens is 1. The van der Waals surface area contributed by atoms with E-state index < -0.39 is 21.1 Å². The summed E-state index contributed by atoms with van der Waals surface area (Å²) in [6, 6.07) is 26.3. The van der Waals surface area contributed by atoms with E-state index in [4.69, 9.17) is 0 Å². The topological polar surface area (TPSA) is 37.4 Å². The number of piperidine rings is 1. The Morgan fingerprint density at radius 1 is 0.839 bits per heavy atom. The summed E-state index contributed by atoms with van der Waals surface area (Å²) in [5.41, 5.74) is 0.431. The van der Waals surface area contributed by atoms with E-state index in [0.717, 1.165) is 16.7 Å². The molecule has 1 saturated heterocycles. The third-order valence-electron chi connectivity index (χ3n) is 6.47. The molecular weight excluding hydrogens is 409 g/mol. The Balaban J connectivity index is 1.89. The first-order chi connectivity index (χ1) is 14.8. The van der Waals surface area contributed by atoms with Crippen LogP contribution >= 0.6 is 0 Å². The van der Waals surface area contributed by atoms with Crippen molar-refractivity contribution in [3.63, 3.8) is 0 Å². The maximum Gasteiger partial charge on any atom is 0.243 e. The van der Waals surface area contributed by atoms with E-state index in [-0.39, 0.29) is 30.8 Å². The van der Waals surface area contributed by atoms with Crippen molar-refractivity contribution >= 4 is 10.0 Å². The van der Waals surface area contributed by atoms with Crippen LogP contribution in [0.15, 0.2) is 89.8 Å². The summed E-state index contributed by atoms with van der Waals surface area (Å²) < 4.78 is 44.8. The number of benzene rings is 3. The van der Waals surface area contributed by atoms with Crippen LogP contribution in [0, 0.1) is 6.92 Å². The van der Waals surface area contributed by atoms with Gasteiger partial charge in [0, 0.05) is 18.5 Å². The van der Waals surface area contributed by atoms with Crippen molar-refractivity contribution in [3.05, 3.63) is 102 Å². The van der Waals surface area contributed by atoms with Crippen LogP contribution in [0.4, 0.5) is 4.39 Å². The molecular formula is C26H28FNO2S. The van der Waals surface area contributed by atoms with E-state index in [1.54, 1.807) is 31.2 Å². The molecule has 162 valence electrons. The van der Waals surface area contributed by atoms with Crippen LogP contribution in [0.1, 0.15) is 36.5 Å². The summed E-state index contributed by atoms with van der Waals surface area (Å²) in [6.07, 6.45) is 0.485. The molecule has 0 bridgehead atoms. The summed E-state index contributed by atoms with van der Waals surface area (Å²) in [6.45, 7) is 3.77. The molecule has 1 aliphatic rings. The summed E-state index contributed by atoms with van der Waals surface area (Å²) in [5, 5.41) is 0. The average Bonchev–Trinajstić information content (AvgIpc) is 2.80. The first-order valence-corrected chi connectivity index (χ1v) is 12.1. The second-order valence-corrected chi connectivity index (χ2v) is 10.5. The number of sulfonamides is 1. The highest BCUT2D eigenvalue weighted by Crippen LogP contribution is 2.47. The molecule has 0 amide bonds. The number of hydrogen-bond donors (Lipinski definition) is 0. The van der Waals surface area contributed by atoms with Gasteiger partial charge in [-0.2, -0.15) is 4.31 Å². The highest BCUT2D eigenvalue weighted by Gasteiger charge is 2.52. The summed E-state index contributed by atoms with van der Waals surface area (Å²) in [7, 11) is -3.85. The number of hydrogen-bond acceptors (Lipinski definition) is 2. The van der Waals surface area contributed by atoms with E-state index in [9.17, 15) is 8.42 Å². The zero-order valence-electron chi connectivity index (χ0n) is 18.0. The number of alkyl halides is 1. The van der Waals surface area contributed by atoms with Crippen molar-refractivity contribution in [2.24, 2.45) is 0 Å². The average molecular weight is 438 g/mol. The van der Waals surface area contributed by atoms with Crippen molar-refractivity contribution in [2.45, 2.75) is 42.7 Å². The summed E-state index contributed by atoms with van der Waals surface area (Å²) in [4.78, 5) is 0.202. The van der Waals surface area contributed by atoms with Gasteiger partial charge in [-0.1, -0.05) is 85.3 Å². The molecule has 3 aromatic rings. The minimum atomic E-state index is -3.85. The Labute approximate surface area is 184 Å². The molecule has 3 nitrogen and oxygen atoms in total. The van der Waals surface area contributed by atoms with E-state index >= 15 is 4.39 Å². The number of nitrogens with zero attached hydrogens (tertiary/aromatic N) is 1. The van der Waals surface area contributed by atoms with Crippen LogP contribution in [0.25, 0.3) is 0 Å². The molecule has 1 atom stereocenters. The second kappa shape index (κ2) is 8.21. The Bertz CT molecular complexity index is 1090. The lowest BCUT2D eigenvalue weighted by Crippen LogP contribution is -2.58. The van der Waals surface area contributed by atoms with Gasteiger partial charge in [0.1, 0.15) is 5.67 Å². The van der Waals surface area contributed by atoms with Crippen LogP contribution in [0.2, 0.25) is 0 Å². The van der Waals surface area contributed by atoms with Gasteiger partial charge in [-0.15, -0.1) is 0 Å². The molecule has 0 spiro atoms. The lowest BCUT2D eigenvalue weighted by atomic mass is 9.65. The van der Waals surface area contributed by atoms with Crippen LogP contribution < -0.4 is 0 Å². The quantitative estimate of drug-likeness (QED) is 0.529. The van der Waals surface area contributed by atoms with Crippen LogP contribution in [0.5, 0.6) is 0 Å². The third kappa shape index (κ3) is 4.04. The van der Waals surface area contributed by atoms with Crippen LogP contribution in [0.3, 0.4) is 0 Å². The monoisotopic (exact) mass is 437 g/mol. The first kappa shape index (κ1) is 21.7. The largest absolute Gasteiger partial charge is 0.243 e. The van der Waals surface area contributed by atoms with Gasteiger partial charge in [0.25, 0.3) is 0 Å². The normalized spacial score (nSPS) is 21.6. The predicted octanol–water partition coefficient (Wildman–Crippen LogP) is 5.49. The third-order valence-corrected chi connectivity index (χ3v) is 8.28. The molecule has 0 aliphatic carbocycles. The lowest BCUT2D eigenvalue weighted by molar-refractivity contribution is 0.0435. The van der Waals surface area contributed by atoms with Crippen molar-refractivity contribution in [1.82, 2.24) is 4.31 Å². The minimum absolute atomic E-state index is 0.138. The molecule has 1 aliphatic heterocycles.